The highest BCUT2D eigenvalue weighted by Gasteiger charge is 2.29. The second-order valence-corrected chi connectivity index (χ2v) is 4.24. The molecule has 1 aliphatic rings. The van der Waals surface area contributed by atoms with E-state index in [1.165, 1.54) is 0 Å². The molecule has 1 amide bonds. The van der Waals surface area contributed by atoms with Gasteiger partial charge in [0.05, 0.1) is 11.7 Å². The Labute approximate surface area is 97.5 Å². The largest absolute Gasteiger partial charge is 0.391 e. The molecule has 0 aliphatic heterocycles. The fourth-order valence-corrected chi connectivity index (χ4v) is 1.61. The standard InChI is InChI=1S/C12H13F2NO2/c13-8-3-4-10(14)9(5-8)12(17)15-6-11(16)7-1-2-7/h3-5,7,11,16H,1-2,6H2,(H,15,17). The quantitative estimate of drug-likeness (QED) is 0.838. The van der Waals surface area contributed by atoms with Crippen LogP contribution in [-0.2, 0) is 0 Å². The number of carbonyl (C=O) groups is 1. The number of hydrogen-bond acceptors (Lipinski definition) is 2. The third kappa shape index (κ3) is 3.00. The van der Waals surface area contributed by atoms with Gasteiger partial charge >= 0.3 is 0 Å². The predicted molar refractivity (Wildman–Crippen MR) is 57.4 cm³/mol. The second kappa shape index (κ2) is 4.79. The van der Waals surface area contributed by atoms with E-state index >= 15 is 0 Å². The summed E-state index contributed by atoms with van der Waals surface area (Å²) in [6, 6.07) is 2.70. The van der Waals surface area contributed by atoms with Crippen LogP contribution in [0.2, 0.25) is 0 Å². The summed E-state index contributed by atoms with van der Waals surface area (Å²) in [7, 11) is 0. The van der Waals surface area contributed by atoms with E-state index in [2.05, 4.69) is 5.32 Å². The van der Waals surface area contributed by atoms with Crippen LogP contribution in [0.25, 0.3) is 0 Å². The number of aliphatic hydroxyl groups is 1. The highest BCUT2D eigenvalue weighted by atomic mass is 19.1. The molecule has 2 N–H and O–H groups in total. The van der Waals surface area contributed by atoms with Gasteiger partial charge in [0, 0.05) is 6.54 Å². The van der Waals surface area contributed by atoms with Crippen LogP contribution in [0.4, 0.5) is 8.78 Å². The van der Waals surface area contributed by atoms with Gasteiger partial charge in [0.2, 0.25) is 0 Å². The Kier molecular flexibility index (Phi) is 3.38. The van der Waals surface area contributed by atoms with Crippen molar-refractivity contribution < 1.29 is 18.7 Å². The van der Waals surface area contributed by atoms with Crippen molar-refractivity contribution in [3.8, 4) is 0 Å². The first-order chi connectivity index (χ1) is 8.08. The van der Waals surface area contributed by atoms with Crippen LogP contribution >= 0.6 is 0 Å². The summed E-state index contributed by atoms with van der Waals surface area (Å²) in [4.78, 5) is 11.5. The molecule has 5 heteroatoms. The minimum Gasteiger partial charge on any atom is -0.391 e. The summed E-state index contributed by atoms with van der Waals surface area (Å²) in [5, 5.41) is 11.9. The van der Waals surface area contributed by atoms with E-state index in [-0.39, 0.29) is 18.0 Å². The minimum atomic E-state index is -0.773. The van der Waals surface area contributed by atoms with Crippen LogP contribution in [0.3, 0.4) is 0 Å². The molecule has 0 heterocycles. The van der Waals surface area contributed by atoms with Crippen LogP contribution in [0.15, 0.2) is 18.2 Å². The van der Waals surface area contributed by atoms with Crippen molar-refractivity contribution in [1.82, 2.24) is 5.32 Å². The molecule has 1 saturated carbocycles. The van der Waals surface area contributed by atoms with Crippen LogP contribution in [-0.4, -0.2) is 23.7 Å². The number of rotatable bonds is 4. The Morgan fingerprint density at radius 3 is 2.82 bits per heavy atom. The van der Waals surface area contributed by atoms with Crippen molar-refractivity contribution in [3.05, 3.63) is 35.4 Å². The molecule has 1 atom stereocenters. The first-order valence-electron chi connectivity index (χ1n) is 5.49. The van der Waals surface area contributed by atoms with Crippen molar-refractivity contribution in [1.29, 1.82) is 0 Å². The Hall–Kier alpha value is -1.49. The first kappa shape index (κ1) is 12.0. The lowest BCUT2D eigenvalue weighted by Crippen LogP contribution is -2.33. The first-order valence-corrected chi connectivity index (χ1v) is 5.49. The van der Waals surface area contributed by atoms with Crippen molar-refractivity contribution in [3.63, 3.8) is 0 Å². The van der Waals surface area contributed by atoms with E-state index in [4.69, 9.17) is 0 Å². The number of hydrogen-bond donors (Lipinski definition) is 2. The van der Waals surface area contributed by atoms with E-state index in [1.807, 2.05) is 0 Å². The molecule has 17 heavy (non-hydrogen) atoms. The normalized spacial score (nSPS) is 16.6. The molecule has 0 bridgehead atoms. The van der Waals surface area contributed by atoms with E-state index in [0.29, 0.717) is 0 Å². The Bertz CT molecular complexity index is 433. The molecule has 1 aromatic rings. The monoisotopic (exact) mass is 241 g/mol. The Morgan fingerprint density at radius 1 is 1.47 bits per heavy atom. The average molecular weight is 241 g/mol. The van der Waals surface area contributed by atoms with Gasteiger partial charge in [0.25, 0.3) is 5.91 Å². The van der Waals surface area contributed by atoms with Crippen LogP contribution < -0.4 is 5.32 Å². The zero-order chi connectivity index (χ0) is 12.4. The zero-order valence-corrected chi connectivity index (χ0v) is 9.12. The third-order valence-electron chi connectivity index (χ3n) is 2.81. The van der Waals surface area contributed by atoms with Gasteiger partial charge in [-0.05, 0) is 37.0 Å². The molecule has 0 saturated heterocycles. The van der Waals surface area contributed by atoms with Crippen molar-refractivity contribution in [2.24, 2.45) is 5.92 Å². The van der Waals surface area contributed by atoms with Crippen molar-refractivity contribution in [2.75, 3.05) is 6.54 Å². The Morgan fingerprint density at radius 2 is 2.18 bits per heavy atom. The summed E-state index contributed by atoms with van der Waals surface area (Å²) in [6.07, 6.45) is 1.30. The molecule has 1 aromatic carbocycles. The number of carbonyl (C=O) groups excluding carboxylic acids is 1. The zero-order valence-electron chi connectivity index (χ0n) is 9.12. The third-order valence-corrected chi connectivity index (χ3v) is 2.81. The van der Waals surface area contributed by atoms with Gasteiger partial charge in [0.1, 0.15) is 11.6 Å². The molecule has 2 rings (SSSR count). The fraction of sp³-hybridized carbons (Fsp3) is 0.417. The summed E-state index contributed by atoms with van der Waals surface area (Å²) in [5.41, 5.74) is -0.340. The van der Waals surface area contributed by atoms with Crippen LogP contribution in [0.5, 0.6) is 0 Å². The maximum absolute atomic E-state index is 13.2. The Balaban J connectivity index is 1.96. The second-order valence-electron chi connectivity index (χ2n) is 4.24. The lowest BCUT2D eigenvalue weighted by Gasteiger charge is -2.11. The molecule has 0 aromatic heterocycles. The number of benzene rings is 1. The highest BCUT2D eigenvalue weighted by Crippen LogP contribution is 2.32. The average Bonchev–Trinajstić information content (AvgIpc) is 3.12. The summed E-state index contributed by atoms with van der Waals surface area (Å²) in [6.45, 7) is 0.0689. The van der Waals surface area contributed by atoms with Gasteiger partial charge in [-0.2, -0.15) is 0 Å². The molecule has 1 fully saturated rings. The lowest BCUT2D eigenvalue weighted by molar-refractivity contribution is 0.0896. The molecule has 3 nitrogen and oxygen atoms in total. The molecular weight excluding hydrogens is 228 g/mol. The van der Waals surface area contributed by atoms with E-state index < -0.39 is 23.6 Å². The summed E-state index contributed by atoms with van der Waals surface area (Å²) >= 11 is 0. The molecule has 92 valence electrons. The van der Waals surface area contributed by atoms with Gasteiger partial charge in [-0.3, -0.25) is 4.79 Å². The van der Waals surface area contributed by atoms with E-state index in [1.54, 1.807) is 0 Å². The maximum Gasteiger partial charge on any atom is 0.254 e. The van der Waals surface area contributed by atoms with Crippen LogP contribution in [0, 0.1) is 17.6 Å². The number of aliphatic hydroxyl groups excluding tert-OH is 1. The molecule has 0 radical (unpaired) electrons. The van der Waals surface area contributed by atoms with Crippen molar-refractivity contribution >= 4 is 5.91 Å². The van der Waals surface area contributed by atoms with Crippen molar-refractivity contribution in [2.45, 2.75) is 18.9 Å². The van der Waals surface area contributed by atoms with Crippen LogP contribution in [0.1, 0.15) is 23.2 Å². The number of halogens is 2. The molecule has 0 spiro atoms. The van der Waals surface area contributed by atoms with Gasteiger partial charge in [-0.1, -0.05) is 0 Å². The maximum atomic E-state index is 13.2. The molecule has 1 aliphatic carbocycles. The smallest absolute Gasteiger partial charge is 0.254 e. The molecule has 1 unspecified atom stereocenters. The van der Waals surface area contributed by atoms with Gasteiger partial charge in [-0.25, -0.2) is 8.78 Å². The van der Waals surface area contributed by atoms with Gasteiger partial charge in [-0.15, -0.1) is 0 Å². The SMILES string of the molecule is O=C(NCC(O)C1CC1)c1cc(F)ccc1F. The van der Waals surface area contributed by atoms with Gasteiger partial charge < -0.3 is 10.4 Å². The topological polar surface area (TPSA) is 49.3 Å². The highest BCUT2D eigenvalue weighted by molar-refractivity contribution is 5.94. The summed E-state index contributed by atoms with van der Waals surface area (Å²) < 4.78 is 26.1. The minimum absolute atomic E-state index is 0.0689. The van der Waals surface area contributed by atoms with Gasteiger partial charge in [0.15, 0.2) is 0 Å². The van der Waals surface area contributed by atoms with E-state index in [0.717, 1.165) is 31.0 Å². The predicted octanol–water partition coefficient (Wildman–Crippen LogP) is 1.47. The lowest BCUT2D eigenvalue weighted by atomic mass is 10.2. The van der Waals surface area contributed by atoms with E-state index in [9.17, 15) is 18.7 Å². The summed E-state index contributed by atoms with van der Waals surface area (Å²) in [5.74, 6) is -1.92. The number of amides is 1. The number of nitrogens with one attached hydrogen (secondary N) is 1. The molecular formula is C12H13F2NO2. The fourth-order valence-electron chi connectivity index (χ4n) is 1.61.